The first-order valence-electron chi connectivity index (χ1n) is 7.02. The number of morpholine rings is 1. The molecule has 114 valence electrons. The summed E-state index contributed by atoms with van der Waals surface area (Å²) < 4.78 is 17.8. The Morgan fingerprint density at radius 3 is 2.81 bits per heavy atom. The van der Waals surface area contributed by atoms with Crippen LogP contribution in [-0.2, 0) is 20.7 Å². The van der Waals surface area contributed by atoms with Gasteiger partial charge in [-0.1, -0.05) is 12.1 Å². The van der Waals surface area contributed by atoms with E-state index in [-0.39, 0.29) is 24.2 Å². The zero-order valence-corrected chi connectivity index (χ0v) is 11.8. The molecular formula is C15H19FN2O3. The van der Waals surface area contributed by atoms with Gasteiger partial charge in [-0.15, -0.1) is 0 Å². The van der Waals surface area contributed by atoms with Crippen molar-refractivity contribution in [2.45, 2.75) is 12.8 Å². The van der Waals surface area contributed by atoms with E-state index in [1.807, 2.05) is 0 Å². The Morgan fingerprint density at radius 2 is 2.10 bits per heavy atom. The highest BCUT2D eigenvalue weighted by atomic mass is 19.1. The van der Waals surface area contributed by atoms with Crippen molar-refractivity contribution in [2.24, 2.45) is 0 Å². The van der Waals surface area contributed by atoms with E-state index in [4.69, 9.17) is 4.74 Å². The molecule has 0 bridgehead atoms. The number of carbonyl (C=O) groups is 2. The Kier molecular flexibility index (Phi) is 5.68. The summed E-state index contributed by atoms with van der Waals surface area (Å²) >= 11 is 0. The molecule has 1 N–H and O–H groups in total. The van der Waals surface area contributed by atoms with Crippen LogP contribution in [0.1, 0.15) is 12.0 Å². The van der Waals surface area contributed by atoms with Gasteiger partial charge in [0.2, 0.25) is 11.8 Å². The number of nitrogens with zero attached hydrogens (tertiary/aromatic N) is 1. The van der Waals surface area contributed by atoms with E-state index in [9.17, 15) is 14.0 Å². The van der Waals surface area contributed by atoms with Crippen LogP contribution >= 0.6 is 0 Å². The lowest BCUT2D eigenvalue weighted by atomic mass is 10.1. The van der Waals surface area contributed by atoms with Gasteiger partial charge in [0.1, 0.15) is 12.4 Å². The van der Waals surface area contributed by atoms with Crippen LogP contribution in [0.25, 0.3) is 0 Å². The van der Waals surface area contributed by atoms with Gasteiger partial charge in [-0.25, -0.2) is 4.39 Å². The van der Waals surface area contributed by atoms with Crippen LogP contribution < -0.4 is 5.32 Å². The lowest BCUT2D eigenvalue weighted by Crippen LogP contribution is -2.45. The van der Waals surface area contributed by atoms with E-state index < -0.39 is 0 Å². The molecule has 21 heavy (non-hydrogen) atoms. The third-order valence-corrected chi connectivity index (χ3v) is 3.34. The number of hydrogen-bond donors (Lipinski definition) is 1. The summed E-state index contributed by atoms with van der Waals surface area (Å²) in [5.41, 5.74) is 0.926. The van der Waals surface area contributed by atoms with E-state index in [0.29, 0.717) is 39.1 Å². The summed E-state index contributed by atoms with van der Waals surface area (Å²) in [5, 5.41) is 2.78. The highest BCUT2D eigenvalue weighted by molar-refractivity contribution is 5.78. The van der Waals surface area contributed by atoms with E-state index in [0.717, 1.165) is 5.56 Å². The maximum absolute atomic E-state index is 12.7. The van der Waals surface area contributed by atoms with Crippen molar-refractivity contribution in [1.82, 2.24) is 10.2 Å². The number of hydrogen-bond acceptors (Lipinski definition) is 3. The molecule has 0 unspecified atom stereocenters. The molecule has 1 aromatic carbocycles. The quantitative estimate of drug-likeness (QED) is 0.841. The van der Waals surface area contributed by atoms with E-state index in [1.54, 1.807) is 17.0 Å². The largest absolute Gasteiger partial charge is 0.370 e. The number of nitrogens with one attached hydrogen (secondary N) is 1. The molecule has 0 aromatic heterocycles. The van der Waals surface area contributed by atoms with Gasteiger partial charge in [0.25, 0.3) is 0 Å². The molecule has 0 aliphatic carbocycles. The number of carbonyl (C=O) groups excluding carboxylic acids is 2. The molecule has 0 spiro atoms. The fraction of sp³-hybridized carbons (Fsp3) is 0.467. The zero-order chi connectivity index (χ0) is 15.1. The van der Waals surface area contributed by atoms with Gasteiger partial charge in [0.15, 0.2) is 0 Å². The van der Waals surface area contributed by atoms with Crippen molar-refractivity contribution in [3.63, 3.8) is 0 Å². The lowest BCUT2D eigenvalue weighted by molar-refractivity contribution is -0.142. The van der Waals surface area contributed by atoms with E-state index >= 15 is 0 Å². The summed E-state index contributed by atoms with van der Waals surface area (Å²) in [7, 11) is 0. The molecule has 1 aromatic rings. The normalized spacial score (nSPS) is 15.1. The summed E-state index contributed by atoms with van der Waals surface area (Å²) in [6.07, 6.45) is 0.922. The average molecular weight is 294 g/mol. The van der Waals surface area contributed by atoms with Gasteiger partial charge in [0, 0.05) is 26.1 Å². The molecule has 1 aliphatic rings. The van der Waals surface area contributed by atoms with Crippen LogP contribution in [0.15, 0.2) is 24.3 Å². The first-order valence-corrected chi connectivity index (χ1v) is 7.02. The molecule has 2 amide bonds. The van der Waals surface area contributed by atoms with Crippen LogP contribution in [0.4, 0.5) is 4.39 Å². The van der Waals surface area contributed by atoms with Crippen LogP contribution in [0.5, 0.6) is 0 Å². The first-order chi connectivity index (χ1) is 10.1. The Balaban J connectivity index is 1.63. The van der Waals surface area contributed by atoms with Crippen molar-refractivity contribution in [1.29, 1.82) is 0 Å². The molecular weight excluding hydrogens is 275 g/mol. The van der Waals surface area contributed by atoms with E-state index in [2.05, 4.69) is 5.32 Å². The van der Waals surface area contributed by atoms with Crippen molar-refractivity contribution in [3.8, 4) is 0 Å². The molecule has 1 fully saturated rings. The molecule has 0 radical (unpaired) electrons. The summed E-state index contributed by atoms with van der Waals surface area (Å²) in [6, 6.07) is 6.12. The SMILES string of the molecule is O=C(CCc1ccc(F)cc1)NCCN1CCOCC1=O. The number of aryl methyl sites for hydroxylation is 1. The number of rotatable bonds is 6. The highest BCUT2D eigenvalue weighted by Gasteiger charge is 2.17. The van der Waals surface area contributed by atoms with Crippen molar-refractivity contribution >= 4 is 11.8 Å². The predicted octanol–water partition coefficient (Wildman–Crippen LogP) is 0.733. The maximum Gasteiger partial charge on any atom is 0.248 e. The maximum atomic E-state index is 12.7. The zero-order valence-electron chi connectivity index (χ0n) is 11.8. The van der Waals surface area contributed by atoms with E-state index in [1.165, 1.54) is 12.1 Å². The summed E-state index contributed by atoms with van der Waals surface area (Å²) in [5.74, 6) is -0.389. The van der Waals surface area contributed by atoms with Crippen molar-refractivity contribution in [3.05, 3.63) is 35.6 Å². The van der Waals surface area contributed by atoms with Crippen LogP contribution in [-0.4, -0.2) is 49.6 Å². The first kappa shape index (κ1) is 15.4. The number of benzene rings is 1. The van der Waals surface area contributed by atoms with Crippen LogP contribution in [0.3, 0.4) is 0 Å². The van der Waals surface area contributed by atoms with Gasteiger partial charge in [-0.3, -0.25) is 9.59 Å². The van der Waals surface area contributed by atoms with Gasteiger partial charge in [-0.05, 0) is 24.1 Å². The molecule has 0 saturated carbocycles. The average Bonchev–Trinajstić information content (AvgIpc) is 2.49. The number of halogens is 1. The third-order valence-electron chi connectivity index (χ3n) is 3.34. The minimum atomic E-state index is -0.279. The Morgan fingerprint density at radius 1 is 1.33 bits per heavy atom. The molecule has 1 heterocycles. The lowest BCUT2D eigenvalue weighted by Gasteiger charge is -2.26. The van der Waals surface area contributed by atoms with Gasteiger partial charge in [-0.2, -0.15) is 0 Å². The number of ether oxygens (including phenoxy) is 1. The molecule has 6 heteroatoms. The molecule has 5 nitrogen and oxygen atoms in total. The van der Waals surface area contributed by atoms with Gasteiger partial charge >= 0.3 is 0 Å². The standard InChI is InChI=1S/C15H19FN2O3/c16-13-4-1-12(2-5-13)3-6-14(19)17-7-8-18-9-10-21-11-15(18)20/h1-2,4-5H,3,6-11H2,(H,17,19). The van der Waals surface area contributed by atoms with Crippen LogP contribution in [0, 0.1) is 5.82 Å². The monoisotopic (exact) mass is 294 g/mol. The summed E-state index contributed by atoms with van der Waals surface area (Å²) in [6.45, 7) is 2.19. The second-order valence-corrected chi connectivity index (χ2v) is 4.91. The summed E-state index contributed by atoms with van der Waals surface area (Å²) in [4.78, 5) is 24.8. The highest BCUT2D eigenvalue weighted by Crippen LogP contribution is 2.05. The fourth-order valence-electron chi connectivity index (χ4n) is 2.11. The minimum Gasteiger partial charge on any atom is -0.370 e. The van der Waals surface area contributed by atoms with Crippen molar-refractivity contribution < 1.29 is 18.7 Å². The smallest absolute Gasteiger partial charge is 0.248 e. The van der Waals surface area contributed by atoms with Crippen molar-refractivity contribution in [2.75, 3.05) is 32.8 Å². The Bertz CT molecular complexity index is 490. The second kappa shape index (κ2) is 7.73. The molecule has 2 rings (SSSR count). The molecule has 0 atom stereocenters. The Hall–Kier alpha value is -1.95. The van der Waals surface area contributed by atoms with Crippen LogP contribution in [0.2, 0.25) is 0 Å². The Labute approximate surface area is 123 Å². The minimum absolute atomic E-state index is 0.0400. The second-order valence-electron chi connectivity index (χ2n) is 4.91. The number of amides is 2. The molecule has 1 aliphatic heterocycles. The third kappa shape index (κ3) is 5.15. The molecule has 1 saturated heterocycles. The fourth-order valence-corrected chi connectivity index (χ4v) is 2.11. The predicted molar refractivity (Wildman–Crippen MR) is 75.1 cm³/mol. The topological polar surface area (TPSA) is 58.6 Å². The van der Waals surface area contributed by atoms with Gasteiger partial charge in [0.05, 0.1) is 6.61 Å². The van der Waals surface area contributed by atoms with Gasteiger partial charge < -0.3 is 15.0 Å².